The van der Waals surface area contributed by atoms with E-state index in [-0.39, 0.29) is 18.3 Å². The van der Waals surface area contributed by atoms with E-state index in [1.807, 2.05) is 19.1 Å². The SMILES string of the molecule is COc1cc(C)ccc1Oc1ccc(F)cc1NC(=O)CCCCCCN.Cl. The van der Waals surface area contributed by atoms with Crippen LogP contribution in [0.5, 0.6) is 17.2 Å². The average molecular weight is 411 g/mol. The molecule has 0 fully saturated rings. The maximum atomic E-state index is 13.7. The first-order valence-electron chi connectivity index (χ1n) is 9.15. The molecule has 0 saturated carbocycles. The number of halogens is 2. The molecule has 0 spiro atoms. The lowest BCUT2D eigenvalue weighted by Gasteiger charge is -2.15. The first-order valence-corrected chi connectivity index (χ1v) is 9.15. The van der Waals surface area contributed by atoms with E-state index in [1.165, 1.54) is 18.2 Å². The van der Waals surface area contributed by atoms with Gasteiger partial charge in [-0.25, -0.2) is 4.39 Å². The summed E-state index contributed by atoms with van der Waals surface area (Å²) in [7, 11) is 1.56. The molecule has 28 heavy (non-hydrogen) atoms. The van der Waals surface area contributed by atoms with Crippen molar-refractivity contribution >= 4 is 24.0 Å². The number of hydrogen-bond acceptors (Lipinski definition) is 4. The molecule has 2 rings (SSSR count). The molecule has 0 aliphatic carbocycles. The second kappa shape index (κ2) is 12.2. The largest absolute Gasteiger partial charge is 0.493 e. The highest BCUT2D eigenvalue weighted by Gasteiger charge is 2.13. The number of amides is 1. The van der Waals surface area contributed by atoms with Crippen molar-refractivity contribution in [2.24, 2.45) is 5.73 Å². The van der Waals surface area contributed by atoms with Gasteiger partial charge in [-0.15, -0.1) is 12.4 Å². The summed E-state index contributed by atoms with van der Waals surface area (Å²) in [5.41, 5.74) is 6.78. The van der Waals surface area contributed by atoms with Crippen LogP contribution in [0.4, 0.5) is 10.1 Å². The molecule has 154 valence electrons. The maximum absolute atomic E-state index is 13.7. The molecule has 0 aliphatic rings. The predicted molar refractivity (Wildman–Crippen MR) is 112 cm³/mol. The molecular weight excluding hydrogens is 383 g/mol. The Bertz CT molecular complexity index is 771. The summed E-state index contributed by atoms with van der Waals surface area (Å²) < 4.78 is 24.9. The van der Waals surface area contributed by atoms with E-state index in [4.69, 9.17) is 15.2 Å². The molecule has 0 atom stereocenters. The van der Waals surface area contributed by atoms with Crippen molar-refractivity contribution in [2.45, 2.75) is 39.0 Å². The van der Waals surface area contributed by atoms with Crippen molar-refractivity contribution in [1.29, 1.82) is 0 Å². The van der Waals surface area contributed by atoms with E-state index in [9.17, 15) is 9.18 Å². The summed E-state index contributed by atoms with van der Waals surface area (Å²) in [5.74, 6) is 0.795. The smallest absolute Gasteiger partial charge is 0.224 e. The quantitative estimate of drug-likeness (QED) is 0.527. The molecule has 2 aromatic carbocycles. The fraction of sp³-hybridized carbons (Fsp3) is 0.381. The zero-order valence-corrected chi connectivity index (χ0v) is 17.1. The van der Waals surface area contributed by atoms with E-state index in [0.29, 0.717) is 35.9 Å². The number of aryl methyl sites for hydroxylation is 1. The molecule has 0 heterocycles. The lowest BCUT2D eigenvalue weighted by molar-refractivity contribution is -0.116. The summed E-state index contributed by atoms with van der Waals surface area (Å²) in [6, 6.07) is 9.55. The number of unbranched alkanes of at least 4 members (excludes halogenated alkanes) is 3. The topological polar surface area (TPSA) is 73.6 Å². The molecular formula is C21H28ClFN2O3. The fourth-order valence-corrected chi connectivity index (χ4v) is 2.66. The normalized spacial score (nSPS) is 10.1. The van der Waals surface area contributed by atoms with Gasteiger partial charge in [0.2, 0.25) is 5.91 Å². The molecule has 5 nitrogen and oxygen atoms in total. The molecule has 0 aromatic heterocycles. The standard InChI is InChI=1S/C21H27FN2O3.ClH/c1-15-8-10-19(20(13-15)26-2)27-18-11-9-16(22)14-17(18)24-21(25)7-5-3-4-6-12-23;/h8-11,13-14H,3-7,12,23H2,1-2H3,(H,24,25);1H. The Labute approximate surface area is 171 Å². The van der Waals surface area contributed by atoms with Gasteiger partial charge in [0.1, 0.15) is 5.82 Å². The molecule has 1 amide bonds. The Morgan fingerprint density at radius 2 is 1.75 bits per heavy atom. The second-order valence-electron chi connectivity index (χ2n) is 6.40. The van der Waals surface area contributed by atoms with Crippen molar-refractivity contribution < 1.29 is 18.7 Å². The van der Waals surface area contributed by atoms with Gasteiger partial charge in [-0.1, -0.05) is 18.9 Å². The van der Waals surface area contributed by atoms with Crippen LogP contribution in [0.1, 0.15) is 37.7 Å². The van der Waals surface area contributed by atoms with Gasteiger partial charge in [-0.3, -0.25) is 4.79 Å². The lowest BCUT2D eigenvalue weighted by Crippen LogP contribution is -2.12. The van der Waals surface area contributed by atoms with Crippen LogP contribution in [0.15, 0.2) is 36.4 Å². The van der Waals surface area contributed by atoms with Gasteiger partial charge in [0, 0.05) is 12.5 Å². The first kappa shape index (κ1) is 23.7. The number of ether oxygens (including phenoxy) is 2. The molecule has 0 aliphatic heterocycles. The van der Waals surface area contributed by atoms with E-state index in [0.717, 1.165) is 31.2 Å². The van der Waals surface area contributed by atoms with Gasteiger partial charge in [0.05, 0.1) is 12.8 Å². The van der Waals surface area contributed by atoms with Crippen molar-refractivity contribution in [3.05, 3.63) is 47.8 Å². The number of rotatable bonds is 10. The molecule has 3 N–H and O–H groups in total. The number of hydrogen-bond donors (Lipinski definition) is 2. The van der Waals surface area contributed by atoms with E-state index in [1.54, 1.807) is 13.2 Å². The summed E-state index contributed by atoms with van der Waals surface area (Å²) in [4.78, 5) is 12.2. The highest BCUT2D eigenvalue weighted by molar-refractivity contribution is 5.92. The number of carbonyl (C=O) groups excluding carboxylic acids is 1. The van der Waals surface area contributed by atoms with Gasteiger partial charge in [0.15, 0.2) is 17.2 Å². The molecule has 2 aromatic rings. The monoisotopic (exact) mass is 410 g/mol. The van der Waals surface area contributed by atoms with Crippen LogP contribution >= 0.6 is 12.4 Å². The number of anilines is 1. The van der Waals surface area contributed by atoms with Crippen molar-refractivity contribution in [2.75, 3.05) is 19.0 Å². The minimum atomic E-state index is -0.448. The zero-order valence-electron chi connectivity index (χ0n) is 16.3. The Morgan fingerprint density at radius 1 is 1.04 bits per heavy atom. The highest BCUT2D eigenvalue weighted by atomic mass is 35.5. The number of nitrogens with two attached hydrogens (primary N) is 1. The summed E-state index contributed by atoms with van der Waals surface area (Å²) in [6.45, 7) is 2.61. The molecule has 0 bridgehead atoms. The maximum Gasteiger partial charge on any atom is 0.224 e. The minimum Gasteiger partial charge on any atom is -0.493 e. The Morgan fingerprint density at radius 3 is 2.46 bits per heavy atom. The molecule has 0 saturated heterocycles. The van der Waals surface area contributed by atoms with Crippen LogP contribution in [0.25, 0.3) is 0 Å². The van der Waals surface area contributed by atoms with Gasteiger partial charge >= 0.3 is 0 Å². The van der Waals surface area contributed by atoms with Crippen LogP contribution < -0.4 is 20.5 Å². The number of nitrogens with one attached hydrogen (secondary N) is 1. The van der Waals surface area contributed by atoms with E-state index in [2.05, 4.69) is 5.32 Å². The molecule has 7 heteroatoms. The van der Waals surface area contributed by atoms with Crippen LogP contribution in [-0.2, 0) is 4.79 Å². The third-order valence-corrected chi connectivity index (χ3v) is 4.11. The molecule has 0 radical (unpaired) electrons. The van der Waals surface area contributed by atoms with Crippen LogP contribution in [0.2, 0.25) is 0 Å². The summed E-state index contributed by atoms with van der Waals surface area (Å²) >= 11 is 0. The minimum absolute atomic E-state index is 0. The van der Waals surface area contributed by atoms with Crippen LogP contribution in [-0.4, -0.2) is 19.6 Å². The number of methoxy groups -OCH3 is 1. The Kier molecular flexibility index (Phi) is 10.3. The molecule has 0 unspecified atom stereocenters. The zero-order chi connectivity index (χ0) is 19.6. The van der Waals surface area contributed by atoms with E-state index >= 15 is 0 Å². The number of carbonyl (C=O) groups is 1. The highest BCUT2D eigenvalue weighted by Crippen LogP contribution is 2.36. The van der Waals surface area contributed by atoms with Crippen molar-refractivity contribution in [3.63, 3.8) is 0 Å². The van der Waals surface area contributed by atoms with Gasteiger partial charge in [-0.05, 0) is 56.1 Å². The van der Waals surface area contributed by atoms with Crippen molar-refractivity contribution in [3.8, 4) is 17.2 Å². The average Bonchev–Trinajstić information content (AvgIpc) is 2.65. The summed E-state index contributed by atoms with van der Waals surface area (Å²) in [5, 5.41) is 2.74. The van der Waals surface area contributed by atoms with Gasteiger partial charge in [-0.2, -0.15) is 0 Å². The van der Waals surface area contributed by atoms with E-state index < -0.39 is 5.82 Å². The Hall–Kier alpha value is -2.31. The third-order valence-electron chi connectivity index (χ3n) is 4.11. The Balaban J connectivity index is 0.00000392. The van der Waals surface area contributed by atoms with Gasteiger partial charge < -0.3 is 20.5 Å². The van der Waals surface area contributed by atoms with Crippen molar-refractivity contribution in [1.82, 2.24) is 0 Å². The van der Waals surface area contributed by atoms with Crippen LogP contribution in [0.3, 0.4) is 0 Å². The van der Waals surface area contributed by atoms with Gasteiger partial charge in [0.25, 0.3) is 0 Å². The van der Waals surface area contributed by atoms with Crippen LogP contribution in [0, 0.1) is 12.7 Å². The first-order chi connectivity index (χ1) is 13.0. The fourth-order valence-electron chi connectivity index (χ4n) is 2.66. The predicted octanol–water partition coefficient (Wildman–Crippen LogP) is 5.20. The third kappa shape index (κ3) is 7.37. The lowest BCUT2D eigenvalue weighted by atomic mass is 10.1. The number of benzene rings is 2. The second-order valence-corrected chi connectivity index (χ2v) is 6.40. The summed E-state index contributed by atoms with van der Waals surface area (Å²) in [6.07, 6.45) is 4.04.